The maximum Gasteiger partial charge on any atom is 0.289 e. The van der Waals surface area contributed by atoms with Crippen LogP contribution in [0.25, 0.3) is 11.4 Å². The van der Waals surface area contributed by atoms with E-state index in [-0.39, 0.29) is 39.7 Å². The first kappa shape index (κ1) is 13.4. The highest BCUT2D eigenvalue weighted by molar-refractivity contribution is 6.19. The number of pyridine rings is 2. The molecule has 3 heterocycles. The molecule has 0 bridgehead atoms. The SMILES string of the molecule is O=C1c2ccc[n+]3c2-c2c1ccc[n+]2CC3.[Br-].[Br-]. The van der Waals surface area contributed by atoms with E-state index in [4.69, 9.17) is 0 Å². The van der Waals surface area contributed by atoms with Gasteiger partial charge in [-0.25, -0.2) is 0 Å². The third-order valence-electron chi connectivity index (χ3n) is 3.44. The van der Waals surface area contributed by atoms with Crippen molar-refractivity contribution in [2.24, 2.45) is 0 Å². The predicted octanol–water partition coefficient (Wildman–Crippen LogP) is -5.51. The van der Waals surface area contributed by atoms with Gasteiger partial charge in [0.05, 0.1) is 0 Å². The second-order valence-corrected chi connectivity index (χ2v) is 4.26. The molecule has 0 unspecified atom stereocenters. The number of rotatable bonds is 0. The van der Waals surface area contributed by atoms with Crippen LogP contribution in [0.1, 0.15) is 15.9 Å². The summed E-state index contributed by atoms with van der Waals surface area (Å²) in [6, 6.07) is 7.75. The lowest BCUT2D eigenvalue weighted by atomic mass is 10.1. The molecule has 92 valence electrons. The summed E-state index contributed by atoms with van der Waals surface area (Å²) in [4.78, 5) is 12.2. The minimum absolute atomic E-state index is 0. The molecule has 0 atom stereocenters. The average molecular weight is 370 g/mol. The van der Waals surface area contributed by atoms with Crippen molar-refractivity contribution in [2.75, 3.05) is 0 Å². The number of carbonyl (C=O) groups excluding carboxylic acids is 1. The minimum atomic E-state index is 0. The zero-order valence-corrected chi connectivity index (χ0v) is 12.6. The lowest BCUT2D eigenvalue weighted by Gasteiger charge is -2.07. The molecule has 4 rings (SSSR count). The number of hydrogen-bond donors (Lipinski definition) is 0. The van der Waals surface area contributed by atoms with Gasteiger partial charge in [-0.1, -0.05) is 0 Å². The Morgan fingerprint density at radius 1 is 0.833 bits per heavy atom. The van der Waals surface area contributed by atoms with Crippen LogP contribution < -0.4 is 43.1 Å². The van der Waals surface area contributed by atoms with E-state index >= 15 is 0 Å². The van der Waals surface area contributed by atoms with Gasteiger partial charge in [-0.05, 0) is 12.1 Å². The minimum Gasteiger partial charge on any atom is -1.00 e. The normalized spacial score (nSPS) is 13.4. The molecule has 2 aliphatic rings. The zero-order chi connectivity index (χ0) is 10.7. The number of ketones is 1. The Hall–Kier alpha value is -1.07. The molecule has 3 nitrogen and oxygen atoms in total. The molecule has 0 amide bonds. The van der Waals surface area contributed by atoms with Crippen LogP contribution in [0.3, 0.4) is 0 Å². The van der Waals surface area contributed by atoms with Crippen LogP contribution in [0, 0.1) is 0 Å². The van der Waals surface area contributed by atoms with E-state index in [0.717, 1.165) is 35.6 Å². The third-order valence-corrected chi connectivity index (χ3v) is 3.44. The summed E-state index contributed by atoms with van der Waals surface area (Å²) in [5.41, 5.74) is 3.87. The van der Waals surface area contributed by atoms with E-state index in [2.05, 4.69) is 21.5 Å². The van der Waals surface area contributed by atoms with Gasteiger partial charge < -0.3 is 34.0 Å². The Morgan fingerprint density at radius 2 is 1.28 bits per heavy atom. The second kappa shape index (κ2) is 4.55. The molecular formula is C13H10Br2N2O. The highest BCUT2D eigenvalue weighted by Gasteiger charge is 2.44. The molecule has 0 saturated heterocycles. The number of aromatic nitrogens is 2. The number of carbonyl (C=O) groups is 1. The summed E-state index contributed by atoms with van der Waals surface area (Å²) in [6.07, 6.45) is 4.11. The number of hydrogen-bond acceptors (Lipinski definition) is 1. The lowest BCUT2D eigenvalue weighted by Crippen LogP contribution is -3.00. The van der Waals surface area contributed by atoms with Crippen LogP contribution in [0.5, 0.6) is 0 Å². The Kier molecular flexibility index (Phi) is 3.38. The highest BCUT2D eigenvalue weighted by Crippen LogP contribution is 2.31. The molecule has 0 radical (unpaired) electrons. The van der Waals surface area contributed by atoms with Gasteiger partial charge in [0.2, 0.25) is 18.9 Å². The number of aryl methyl sites for hydroxylation is 2. The molecule has 2 aromatic heterocycles. The summed E-state index contributed by atoms with van der Waals surface area (Å²) in [5.74, 6) is 0.163. The predicted molar refractivity (Wildman–Crippen MR) is 55.7 cm³/mol. The van der Waals surface area contributed by atoms with Crippen LogP contribution >= 0.6 is 0 Å². The molecule has 0 aromatic carbocycles. The van der Waals surface area contributed by atoms with Crippen LogP contribution in [0.2, 0.25) is 0 Å². The lowest BCUT2D eigenvalue weighted by molar-refractivity contribution is -0.794. The van der Waals surface area contributed by atoms with Crippen LogP contribution in [-0.4, -0.2) is 5.78 Å². The van der Waals surface area contributed by atoms with E-state index in [0.29, 0.717) is 0 Å². The van der Waals surface area contributed by atoms with Gasteiger partial charge in [-0.15, -0.1) is 0 Å². The Morgan fingerprint density at radius 3 is 1.72 bits per heavy atom. The molecule has 5 heteroatoms. The van der Waals surface area contributed by atoms with E-state index in [9.17, 15) is 4.79 Å². The van der Waals surface area contributed by atoms with E-state index < -0.39 is 0 Å². The van der Waals surface area contributed by atoms with Crippen molar-refractivity contribution >= 4 is 5.78 Å². The first-order valence-corrected chi connectivity index (χ1v) is 5.46. The van der Waals surface area contributed by atoms with Gasteiger partial charge in [0.25, 0.3) is 11.4 Å². The van der Waals surface area contributed by atoms with Crippen molar-refractivity contribution in [2.45, 2.75) is 13.1 Å². The number of nitrogens with zero attached hydrogens (tertiary/aromatic N) is 2. The van der Waals surface area contributed by atoms with Crippen molar-refractivity contribution in [3.05, 3.63) is 47.8 Å². The van der Waals surface area contributed by atoms with Gasteiger partial charge in [0.1, 0.15) is 11.1 Å². The topological polar surface area (TPSA) is 24.8 Å². The number of halogens is 2. The summed E-state index contributed by atoms with van der Waals surface area (Å²) in [5, 5.41) is 0. The van der Waals surface area contributed by atoms with Gasteiger partial charge >= 0.3 is 0 Å². The third kappa shape index (κ3) is 1.50. The summed E-state index contributed by atoms with van der Waals surface area (Å²) >= 11 is 0. The monoisotopic (exact) mass is 368 g/mol. The van der Waals surface area contributed by atoms with Crippen molar-refractivity contribution in [3.8, 4) is 11.4 Å². The molecule has 1 aliphatic heterocycles. The smallest absolute Gasteiger partial charge is 0.289 e. The largest absolute Gasteiger partial charge is 1.00 e. The van der Waals surface area contributed by atoms with Gasteiger partial charge in [-0.2, -0.15) is 9.13 Å². The van der Waals surface area contributed by atoms with Gasteiger partial charge in [-0.3, -0.25) is 4.79 Å². The van der Waals surface area contributed by atoms with E-state index in [1.807, 2.05) is 24.3 Å². The molecule has 0 fully saturated rings. The van der Waals surface area contributed by atoms with Gasteiger partial charge in [0.15, 0.2) is 12.4 Å². The summed E-state index contributed by atoms with van der Waals surface area (Å²) in [7, 11) is 0. The maximum atomic E-state index is 12.2. The van der Waals surface area contributed by atoms with Crippen LogP contribution in [0.15, 0.2) is 36.7 Å². The standard InChI is InChI=1S/C13H10N2O.2BrH/c16-13-9-3-1-5-14-7-8-15-6-2-4-10(13)12(15)11(9)14;;/h1-6H,7-8H2;2*1H/q+2;;/p-2. The van der Waals surface area contributed by atoms with E-state index in [1.165, 1.54) is 0 Å². The average Bonchev–Trinajstić information content (AvgIpc) is 2.64. The van der Waals surface area contributed by atoms with Crippen LogP contribution in [-0.2, 0) is 13.1 Å². The molecule has 1 aliphatic carbocycles. The fraction of sp³-hybridized carbons (Fsp3) is 0.154. The van der Waals surface area contributed by atoms with Gasteiger partial charge in [0, 0.05) is 12.1 Å². The first-order chi connectivity index (χ1) is 7.86. The second-order valence-electron chi connectivity index (χ2n) is 4.26. The fourth-order valence-electron chi connectivity index (χ4n) is 2.73. The molecular weight excluding hydrogens is 360 g/mol. The zero-order valence-electron chi connectivity index (χ0n) is 9.44. The molecule has 0 spiro atoms. The molecule has 0 N–H and O–H groups in total. The molecule has 0 saturated carbocycles. The highest BCUT2D eigenvalue weighted by atomic mass is 79.9. The van der Waals surface area contributed by atoms with E-state index in [1.54, 1.807) is 0 Å². The Bertz CT molecular complexity index is 600. The molecule has 18 heavy (non-hydrogen) atoms. The Balaban J connectivity index is 0.000000602. The van der Waals surface area contributed by atoms with Crippen molar-refractivity contribution in [1.82, 2.24) is 0 Å². The Labute approximate surface area is 126 Å². The van der Waals surface area contributed by atoms with Crippen LogP contribution in [0.4, 0.5) is 0 Å². The quantitative estimate of drug-likeness (QED) is 0.363. The van der Waals surface area contributed by atoms with Crippen molar-refractivity contribution in [3.63, 3.8) is 0 Å². The molecule has 2 aromatic rings. The fourth-order valence-corrected chi connectivity index (χ4v) is 2.73. The summed E-state index contributed by atoms with van der Waals surface area (Å²) < 4.78 is 4.36. The first-order valence-electron chi connectivity index (χ1n) is 5.46. The van der Waals surface area contributed by atoms with Crippen molar-refractivity contribution in [1.29, 1.82) is 0 Å². The maximum absolute atomic E-state index is 12.2. The van der Waals surface area contributed by atoms with Crippen molar-refractivity contribution < 1.29 is 47.9 Å². The summed E-state index contributed by atoms with van der Waals surface area (Å²) in [6.45, 7) is 1.88.